The Morgan fingerprint density at radius 3 is 2.69 bits per heavy atom. The fourth-order valence-corrected chi connectivity index (χ4v) is 3.61. The van der Waals surface area contributed by atoms with Gasteiger partial charge in [0, 0.05) is 31.2 Å². The van der Waals surface area contributed by atoms with Gasteiger partial charge in [-0.1, -0.05) is 0 Å². The maximum absolute atomic E-state index is 12.4. The van der Waals surface area contributed by atoms with Gasteiger partial charge in [0.05, 0.1) is 6.10 Å². The van der Waals surface area contributed by atoms with Gasteiger partial charge in [0.25, 0.3) is 0 Å². The van der Waals surface area contributed by atoms with Crippen molar-refractivity contribution >= 4 is 11.8 Å². The molecule has 0 aromatic carbocycles. The molecule has 0 N–H and O–H groups in total. The molecule has 2 aromatic heterocycles. The Morgan fingerprint density at radius 1 is 1.23 bits per heavy atom. The van der Waals surface area contributed by atoms with Gasteiger partial charge in [0.15, 0.2) is 0 Å². The highest BCUT2D eigenvalue weighted by Gasteiger charge is 2.32. The summed E-state index contributed by atoms with van der Waals surface area (Å²) in [5, 5.41) is 8.51. The molecule has 26 heavy (non-hydrogen) atoms. The fourth-order valence-electron chi connectivity index (χ4n) is 3.61. The Kier molecular flexibility index (Phi) is 4.61. The summed E-state index contributed by atoms with van der Waals surface area (Å²) < 4.78 is 7.63. The number of hydrogen-bond donors (Lipinski definition) is 0. The summed E-state index contributed by atoms with van der Waals surface area (Å²) in [7, 11) is 0. The number of pyridine rings is 1. The van der Waals surface area contributed by atoms with Crippen LogP contribution in [0.15, 0.2) is 24.7 Å². The van der Waals surface area contributed by atoms with Crippen molar-refractivity contribution in [3.8, 4) is 0 Å². The number of rotatable bonds is 5. The maximum Gasteiger partial charge on any atom is 0.342 e. The molecule has 2 aliphatic rings. The van der Waals surface area contributed by atoms with Gasteiger partial charge in [-0.3, -0.25) is 0 Å². The zero-order chi connectivity index (χ0) is 18.1. The summed E-state index contributed by atoms with van der Waals surface area (Å²) in [6.07, 6.45) is 7.91. The van der Waals surface area contributed by atoms with E-state index in [4.69, 9.17) is 4.74 Å². The molecule has 4 rings (SSSR count). The van der Waals surface area contributed by atoms with Gasteiger partial charge >= 0.3 is 5.97 Å². The van der Waals surface area contributed by atoms with E-state index in [0.717, 1.165) is 37.6 Å². The normalized spacial score (nSPS) is 18.3. The van der Waals surface area contributed by atoms with E-state index in [1.54, 1.807) is 18.3 Å². The number of carbonyl (C=O) groups excluding carboxylic acids is 1. The molecule has 2 aromatic rings. The summed E-state index contributed by atoms with van der Waals surface area (Å²) in [5.41, 5.74) is 0.542. The van der Waals surface area contributed by atoms with Crippen LogP contribution in [0.5, 0.6) is 0 Å². The van der Waals surface area contributed by atoms with E-state index in [2.05, 4.69) is 24.6 Å². The third-order valence-corrected chi connectivity index (χ3v) is 5.05. The molecule has 0 spiro atoms. The molecule has 0 radical (unpaired) electrons. The molecule has 1 aliphatic carbocycles. The Labute approximate surface area is 153 Å². The first-order valence-electron chi connectivity index (χ1n) is 9.44. The van der Waals surface area contributed by atoms with E-state index in [1.165, 1.54) is 12.8 Å². The smallest absolute Gasteiger partial charge is 0.342 e. The fraction of sp³-hybridized carbons (Fsp3) is 0.579. The van der Waals surface area contributed by atoms with E-state index < -0.39 is 0 Å². The van der Waals surface area contributed by atoms with Crippen molar-refractivity contribution in [3.05, 3.63) is 36.0 Å². The number of hydrogen-bond acceptors (Lipinski definition) is 6. The molecular formula is C19H25N5O2. The van der Waals surface area contributed by atoms with Gasteiger partial charge in [0.2, 0.25) is 0 Å². The number of carbonyl (C=O) groups is 1. The summed E-state index contributed by atoms with van der Waals surface area (Å²) in [6.45, 7) is 5.41. The van der Waals surface area contributed by atoms with Gasteiger partial charge in [-0.25, -0.2) is 9.78 Å². The van der Waals surface area contributed by atoms with Crippen molar-refractivity contribution in [2.45, 2.75) is 57.6 Å². The Morgan fingerprint density at radius 2 is 2.00 bits per heavy atom. The number of anilines is 1. The summed E-state index contributed by atoms with van der Waals surface area (Å²) in [4.78, 5) is 19.0. The maximum atomic E-state index is 12.4. The predicted octanol–water partition coefficient (Wildman–Crippen LogP) is 2.96. The molecule has 0 bridgehead atoms. The minimum absolute atomic E-state index is 0.143. The molecule has 1 saturated carbocycles. The zero-order valence-electron chi connectivity index (χ0n) is 15.3. The van der Waals surface area contributed by atoms with Crippen LogP contribution in [0.2, 0.25) is 0 Å². The first kappa shape index (κ1) is 17.0. The summed E-state index contributed by atoms with van der Waals surface area (Å²) in [5.74, 6) is 1.95. The van der Waals surface area contributed by atoms with Gasteiger partial charge in [0.1, 0.15) is 23.5 Å². The van der Waals surface area contributed by atoms with Gasteiger partial charge < -0.3 is 14.2 Å². The Bertz CT molecular complexity index is 776. The minimum Gasteiger partial charge on any atom is -0.459 e. The first-order chi connectivity index (χ1) is 12.6. The Balaban J connectivity index is 1.47. The number of esters is 1. The van der Waals surface area contributed by atoms with Crippen LogP contribution in [0, 0.1) is 0 Å². The lowest BCUT2D eigenvalue weighted by atomic mass is 9.95. The third kappa shape index (κ3) is 3.43. The highest BCUT2D eigenvalue weighted by molar-refractivity contribution is 5.94. The lowest BCUT2D eigenvalue weighted by molar-refractivity contribution is 0.0378. The molecule has 2 fully saturated rings. The molecule has 0 atom stereocenters. The summed E-state index contributed by atoms with van der Waals surface area (Å²) >= 11 is 0. The summed E-state index contributed by atoms with van der Waals surface area (Å²) in [6, 6.07) is 4.18. The molecule has 1 saturated heterocycles. The van der Waals surface area contributed by atoms with Crippen LogP contribution in [-0.2, 0) is 4.74 Å². The topological polar surface area (TPSA) is 73.1 Å². The van der Waals surface area contributed by atoms with E-state index in [1.807, 2.05) is 20.2 Å². The Hall–Kier alpha value is -2.44. The number of piperidine rings is 1. The molecule has 138 valence electrons. The van der Waals surface area contributed by atoms with Crippen LogP contribution in [0.25, 0.3) is 0 Å². The third-order valence-electron chi connectivity index (χ3n) is 5.05. The van der Waals surface area contributed by atoms with Crippen molar-refractivity contribution < 1.29 is 9.53 Å². The van der Waals surface area contributed by atoms with Crippen LogP contribution in [0.1, 0.15) is 67.7 Å². The van der Waals surface area contributed by atoms with Gasteiger partial charge in [-0.05, 0) is 51.7 Å². The molecule has 7 nitrogen and oxygen atoms in total. The second-order valence-corrected chi connectivity index (χ2v) is 7.42. The quantitative estimate of drug-likeness (QED) is 0.768. The van der Waals surface area contributed by atoms with Crippen LogP contribution in [-0.4, -0.2) is 44.9 Å². The number of nitrogens with zero attached hydrogens (tertiary/aromatic N) is 5. The lowest BCUT2D eigenvalue weighted by Gasteiger charge is -2.33. The molecule has 3 heterocycles. The largest absolute Gasteiger partial charge is 0.459 e. The van der Waals surface area contributed by atoms with Crippen LogP contribution < -0.4 is 4.90 Å². The second-order valence-electron chi connectivity index (χ2n) is 7.42. The minimum atomic E-state index is -0.307. The highest BCUT2D eigenvalue weighted by atomic mass is 16.5. The van der Waals surface area contributed by atoms with E-state index in [0.29, 0.717) is 17.5 Å². The SMILES string of the molecule is CC(C)OC(=O)c1cccnc1N1CCC(c2nncn2C2CC2)CC1. The molecular weight excluding hydrogens is 330 g/mol. The van der Waals surface area contributed by atoms with E-state index >= 15 is 0 Å². The second kappa shape index (κ2) is 7.05. The lowest BCUT2D eigenvalue weighted by Crippen LogP contribution is -2.35. The number of ether oxygens (including phenoxy) is 1. The predicted molar refractivity (Wildman–Crippen MR) is 97.3 cm³/mol. The standard InChI is InChI=1S/C19H25N5O2/c1-13(2)26-19(25)16-4-3-9-20-18(16)23-10-7-14(8-11-23)17-22-21-12-24(17)15-5-6-15/h3-4,9,12-15H,5-8,10-11H2,1-2H3. The van der Waals surface area contributed by atoms with Crippen LogP contribution in [0.4, 0.5) is 5.82 Å². The van der Waals surface area contributed by atoms with Crippen molar-refractivity contribution in [1.29, 1.82) is 0 Å². The van der Waals surface area contributed by atoms with Crippen molar-refractivity contribution in [1.82, 2.24) is 19.7 Å². The molecule has 0 unspecified atom stereocenters. The molecule has 0 amide bonds. The molecule has 1 aliphatic heterocycles. The van der Waals surface area contributed by atoms with Crippen LogP contribution >= 0.6 is 0 Å². The van der Waals surface area contributed by atoms with Crippen molar-refractivity contribution in [3.63, 3.8) is 0 Å². The van der Waals surface area contributed by atoms with Gasteiger partial charge in [-0.15, -0.1) is 10.2 Å². The van der Waals surface area contributed by atoms with Crippen LogP contribution in [0.3, 0.4) is 0 Å². The average molecular weight is 355 g/mol. The van der Waals surface area contributed by atoms with Crippen molar-refractivity contribution in [2.75, 3.05) is 18.0 Å². The van der Waals surface area contributed by atoms with Gasteiger partial charge in [-0.2, -0.15) is 0 Å². The first-order valence-corrected chi connectivity index (χ1v) is 9.44. The average Bonchev–Trinajstić information content (AvgIpc) is 3.38. The monoisotopic (exact) mass is 355 g/mol. The number of aromatic nitrogens is 4. The highest BCUT2D eigenvalue weighted by Crippen LogP contribution is 2.38. The van der Waals surface area contributed by atoms with E-state index in [-0.39, 0.29) is 12.1 Å². The van der Waals surface area contributed by atoms with Crippen molar-refractivity contribution in [2.24, 2.45) is 0 Å². The molecule has 7 heteroatoms. The zero-order valence-corrected chi connectivity index (χ0v) is 15.3. The van der Waals surface area contributed by atoms with E-state index in [9.17, 15) is 4.79 Å².